The third-order valence-corrected chi connectivity index (χ3v) is 6.07. The molecule has 0 saturated carbocycles. The normalized spacial score (nSPS) is 18.8. The van der Waals surface area contributed by atoms with Crippen LogP contribution in [-0.2, 0) is 30.4 Å². The van der Waals surface area contributed by atoms with Gasteiger partial charge in [0.15, 0.2) is 0 Å². The van der Waals surface area contributed by atoms with Gasteiger partial charge in [-0.2, -0.15) is 0 Å². The summed E-state index contributed by atoms with van der Waals surface area (Å²) in [6.45, 7) is 7.61. The molecule has 1 unspecified atom stereocenters. The van der Waals surface area contributed by atoms with Gasteiger partial charge in [0.05, 0.1) is 19.1 Å². The third kappa shape index (κ3) is 7.74. The number of nitrogens with zero attached hydrogens (tertiary/aromatic N) is 1. The number of amides is 1. The topological polar surface area (TPSA) is 94.2 Å². The molecule has 1 heterocycles. The van der Waals surface area contributed by atoms with Crippen LogP contribution < -0.4 is 5.32 Å². The number of methoxy groups -OCH3 is 1. The van der Waals surface area contributed by atoms with Gasteiger partial charge in [-0.25, -0.2) is 4.79 Å². The molecule has 0 spiro atoms. The van der Waals surface area contributed by atoms with Crippen LogP contribution in [0.4, 0.5) is 4.79 Å². The highest BCUT2D eigenvalue weighted by Gasteiger charge is 2.47. The van der Waals surface area contributed by atoms with Crippen molar-refractivity contribution in [2.24, 2.45) is 11.3 Å². The lowest BCUT2D eigenvalue weighted by Gasteiger charge is -2.28. The minimum Gasteiger partial charge on any atom is -0.469 e. The second-order valence-corrected chi connectivity index (χ2v) is 8.93. The van der Waals surface area contributed by atoms with E-state index < -0.39 is 17.6 Å². The van der Waals surface area contributed by atoms with E-state index in [0.717, 1.165) is 18.4 Å². The molecule has 0 bridgehead atoms. The molecule has 1 aliphatic rings. The minimum absolute atomic E-state index is 0.0102. The average Bonchev–Trinajstić information content (AvgIpc) is 3.26. The largest absolute Gasteiger partial charge is 0.469 e. The molecule has 1 aromatic rings. The Labute approximate surface area is 196 Å². The van der Waals surface area contributed by atoms with Crippen LogP contribution in [0.2, 0.25) is 0 Å². The first-order chi connectivity index (χ1) is 15.8. The van der Waals surface area contributed by atoms with Crippen molar-refractivity contribution in [1.29, 1.82) is 0 Å². The third-order valence-electron chi connectivity index (χ3n) is 6.07. The number of hydrogen-bond acceptors (Lipinski definition) is 7. The Morgan fingerprint density at radius 1 is 1.15 bits per heavy atom. The van der Waals surface area contributed by atoms with Gasteiger partial charge in [0.25, 0.3) is 0 Å². The van der Waals surface area contributed by atoms with Gasteiger partial charge in [-0.15, -0.1) is 0 Å². The van der Waals surface area contributed by atoms with E-state index in [2.05, 4.69) is 5.32 Å². The summed E-state index contributed by atoms with van der Waals surface area (Å²) in [5.41, 5.74) is 0.107. The van der Waals surface area contributed by atoms with Crippen molar-refractivity contribution in [2.45, 2.75) is 59.1 Å². The Hall–Kier alpha value is -2.61. The predicted molar refractivity (Wildman–Crippen MR) is 124 cm³/mol. The maximum atomic E-state index is 12.7. The summed E-state index contributed by atoms with van der Waals surface area (Å²) in [6.07, 6.45) is 2.29. The summed E-state index contributed by atoms with van der Waals surface area (Å²) in [6, 6.07) is 9.03. The lowest BCUT2D eigenvalue weighted by molar-refractivity contribution is -0.152. The van der Waals surface area contributed by atoms with Crippen LogP contribution in [0, 0.1) is 11.3 Å². The zero-order valence-corrected chi connectivity index (χ0v) is 20.3. The molecule has 1 amide bonds. The van der Waals surface area contributed by atoms with Crippen molar-refractivity contribution in [1.82, 2.24) is 10.2 Å². The van der Waals surface area contributed by atoms with E-state index in [-0.39, 0.29) is 31.0 Å². The number of carbonyl (C=O) groups excluding carboxylic acids is 3. The van der Waals surface area contributed by atoms with E-state index in [9.17, 15) is 14.4 Å². The van der Waals surface area contributed by atoms with Gasteiger partial charge in [0.1, 0.15) is 12.6 Å². The van der Waals surface area contributed by atoms with E-state index in [0.29, 0.717) is 32.5 Å². The molecular weight excluding hydrogens is 424 g/mol. The summed E-state index contributed by atoms with van der Waals surface area (Å²) < 4.78 is 15.9. The van der Waals surface area contributed by atoms with Crippen LogP contribution in [0.25, 0.3) is 0 Å². The highest BCUT2D eigenvalue weighted by Crippen LogP contribution is 2.35. The Morgan fingerprint density at radius 3 is 2.52 bits per heavy atom. The molecule has 33 heavy (non-hydrogen) atoms. The van der Waals surface area contributed by atoms with Crippen molar-refractivity contribution in [3.05, 3.63) is 35.9 Å². The number of esters is 2. The standard InChI is InChI=1S/C25H38N2O6/c1-5-6-16-32-24(30)27-15-13-25(18-27,23(29)31-4)12-14-26-21(19(2)3)22(28)33-17-20-10-8-7-9-11-20/h7-11,19,21,26H,5-6,12-18H2,1-4H3/t21-,25?/m0/s1. The monoisotopic (exact) mass is 462 g/mol. The van der Waals surface area contributed by atoms with Crippen LogP contribution >= 0.6 is 0 Å². The quantitative estimate of drug-likeness (QED) is 0.288. The van der Waals surface area contributed by atoms with Crippen molar-refractivity contribution in [2.75, 3.05) is 33.4 Å². The molecule has 184 valence electrons. The first-order valence-electron chi connectivity index (χ1n) is 11.8. The van der Waals surface area contributed by atoms with Crippen molar-refractivity contribution in [3.8, 4) is 0 Å². The summed E-state index contributed by atoms with van der Waals surface area (Å²) in [4.78, 5) is 39.2. The van der Waals surface area contributed by atoms with E-state index in [1.807, 2.05) is 51.1 Å². The molecule has 2 atom stereocenters. The maximum Gasteiger partial charge on any atom is 0.409 e. The van der Waals surface area contributed by atoms with E-state index in [1.165, 1.54) is 7.11 Å². The maximum absolute atomic E-state index is 12.7. The number of benzene rings is 1. The highest BCUT2D eigenvalue weighted by molar-refractivity contribution is 5.79. The van der Waals surface area contributed by atoms with Crippen LogP contribution in [0.15, 0.2) is 30.3 Å². The van der Waals surface area contributed by atoms with Crippen LogP contribution in [-0.4, -0.2) is 62.3 Å². The summed E-state index contributed by atoms with van der Waals surface area (Å²) in [7, 11) is 1.36. The molecule has 1 fully saturated rings. The molecule has 0 radical (unpaired) electrons. The number of ether oxygens (including phenoxy) is 3. The zero-order chi connectivity index (χ0) is 24.3. The Balaban J connectivity index is 1.92. The second kappa shape index (κ2) is 13.2. The summed E-state index contributed by atoms with van der Waals surface area (Å²) in [5, 5.41) is 3.25. The lowest BCUT2D eigenvalue weighted by Crippen LogP contribution is -2.45. The summed E-state index contributed by atoms with van der Waals surface area (Å²) in [5.74, 6) is -0.662. The number of rotatable bonds is 12. The minimum atomic E-state index is -0.818. The van der Waals surface area contributed by atoms with Gasteiger partial charge in [0, 0.05) is 13.1 Å². The van der Waals surface area contributed by atoms with Gasteiger partial charge in [-0.3, -0.25) is 9.59 Å². The number of hydrogen-bond donors (Lipinski definition) is 1. The number of unbranched alkanes of at least 4 members (excludes halogenated alkanes) is 1. The smallest absolute Gasteiger partial charge is 0.409 e. The zero-order valence-electron chi connectivity index (χ0n) is 20.3. The number of nitrogens with one attached hydrogen (secondary N) is 1. The molecule has 2 rings (SSSR count). The lowest BCUT2D eigenvalue weighted by atomic mass is 9.83. The van der Waals surface area contributed by atoms with Crippen molar-refractivity contribution < 1.29 is 28.6 Å². The Kier molecular flexibility index (Phi) is 10.6. The molecule has 1 aromatic carbocycles. The Bertz CT molecular complexity index is 769. The molecular formula is C25H38N2O6. The molecule has 1 N–H and O–H groups in total. The molecule has 8 heteroatoms. The Morgan fingerprint density at radius 2 is 1.88 bits per heavy atom. The second-order valence-electron chi connectivity index (χ2n) is 8.93. The molecule has 0 aromatic heterocycles. The van der Waals surface area contributed by atoms with Gasteiger partial charge >= 0.3 is 18.0 Å². The fourth-order valence-corrected chi connectivity index (χ4v) is 3.99. The number of likely N-dealkylation sites (tertiary alicyclic amines) is 1. The van der Waals surface area contributed by atoms with Crippen molar-refractivity contribution >= 4 is 18.0 Å². The SMILES string of the molecule is CCCCOC(=O)N1CCC(CCN[C@H](C(=O)OCc2ccccc2)C(C)C)(C(=O)OC)C1. The fraction of sp³-hybridized carbons (Fsp3) is 0.640. The first-order valence-corrected chi connectivity index (χ1v) is 11.8. The van der Waals surface area contributed by atoms with Crippen LogP contribution in [0.3, 0.4) is 0 Å². The van der Waals surface area contributed by atoms with Crippen LogP contribution in [0.5, 0.6) is 0 Å². The van der Waals surface area contributed by atoms with Gasteiger partial charge < -0.3 is 24.4 Å². The van der Waals surface area contributed by atoms with Gasteiger partial charge in [-0.1, -0.05) is 57.5 Å². The van der Waals surface area contributed by atoms with Crippen molar-refractivity contribution in [3.63, 3.8) is 0 Å². The number of carbonyl (C=O) groups is 3. The van der Waals surface area contributed by atoms with Crippen LogP contribution in [0.1, 0.15) is 52.0 Å². The predicted octanol–water partition coefficient (Wildman–Crippen LogP) is 3.54. The first kappa shape index (κ1) is 26.6. The van der Waals surface area contributed by atoms with E-state index in [4.69, 9.17) is 14.2 Å². The average molecular weight is 463 g/mol. The molecule has 0 aliphatic carbocycles. The highest BCUT2D eigenvalue weighted by atomic mass is 16.6. The molecule has 1 saturated heterocycles. The van der Waals surface area contributed by atoms with E-state index in [1.54, 1.807) is 4.90 Å². The molecule has 1 aliphatic heterocycles. The van der Waals surface area contributed by atoms with Gasteiger partial charge in [0.2, 0.25) is 0 Å². The van der Waals surface area contributed by atoms with E-state index >= 15 is 0 Å². The van der Waals surface area contributed by atoms with Gasteiger partial charge in [-0.05, 0) is 37.3 Å². The molecule has 8 nitrogen and oxygen atoms in total. The fourth-order valence-electron chi connectivity index (χ4n) is 3.99. The summed E-state index contributed by atoms with van der Waals surface area (Å²) >= 11 is 0.